The van der Waals surface area contributed by atoms with Crippen LogP contribution in [0.5, 0.6) is 5.88 Å². The van der Waals surface area contributed by atoms with E-state index in [0.29, 0.717) is 18.7 Å². The van der Waals surface area contributed by atoms with Gasteiger partial charge in [-0.05, 0) is 38.3 Å². The Balaban J connectivity index is 1.82. The molecule has 2 aliphatic rings. The second-order valence-corrected chi connectivity index (χ2v) is 9.41. The molecular weight excluding hydrogens is 420 g/mol. The number of pyridine rings is 1. The number of nitrogens with one attached hydrogen (secondary N) is 1. The fourth-order valence-corrected chi connectivity index (χ4v) is 4.50. The number of amides is 3. The van der Waals surface area contributed by atoms with Crippen LogP contribution in [0.4, 0.5) is 4.79 Å². The van der Waals surface area contributed by atoms with Gasteiger partial charge in [-0.2, -0.15) is 0 Å². The van der Waals surface area contributed by atoms with Crippen LogP contribution in [0.3, 0.4) is 0 Å². The first-order valence-electron chi connectivity index (χ1n) is 12.1. The lowest BCUT2D eigenvalue weighted by molar-refractivity contribution is 0.0351. The highest BCUT2D eigenvalue weighted by atomic mass is 16.5. The fraction of sp³-hybridized carbons (Fsp3) is 0.640. The number of ether oxygens (including phenoxy) is 1. The Morgan fingerprint density at radius 2 is 2.12 bits per heavy atom. The van der Waals surface area contributed by atoms with Crippen LogP contribution in [-0.4, -0.2) is 76.8 Å². The highest BCUT2D eigenvalue weighted by Gasteiger charge is 2.34. The molecule has 0 aromatic carbocycles. The van der Waals surface area contributed by atoms with Gasteiger partial charge in [0.2, 0.25) is 5.88 Å². The zero-order valence-electron chi connectivity index (χ0n) is 20.3. The van der Waals surface area contributed by atoms with Crippen LogP contribution in [-0.2, 0) is 0 Å². The van der Waals surface area contributed by atoms with Crippen LogP contribution in [0.15, 0.2) is 18.3 Å². The summed E-state index contributed by atoms with van der Waals surface area (Å²) in [7, 11) is 1.77. The first kappa shape index (κ1) is 25.0. The number of allylic oxidation sites excluding steroid dienone is 1. The molecule has 0 saturated heterocycles. The Kier molecular flexibility index (Phi) is 8.72. The number of aliphatic hydroxyl groups is 1. The highest BCUT2D eigenvalue weighted by Crippen LogP contribution is 2.28. The molecule has 182 valence electrons. The van der Waals surface area contributed by atoms with E-state index in [0.717, 1.165) is 31.2 Å². The van der Waals surface area contributed by atoms with E-state index in [4.69, 9.17) is 4.74 Å². The molecule has 8 nitrogen and oxygen atoms in total. The maximum absolute atomic E-state index is 13.3. The van der Waals surface area contributed by atoms with Gasteiger partial charge in [-0.15, -0.1) is 0 Å². The van der Waals surface area contributed by atoms with Gasteiger partial charge in [0.05, 0.1) is 19.2 Å². The molecule has 2 N–H and O–H groups in total. The molecule has 0 unspecified atom stereocenters. The van der Waals surface area contributed by atoms with E-state index in [2.05, 4.69) is 10.3 Å². The van der Waals surface area contributed by atoms with Crippen molar-refractivity contribution in [1.82, 2.24) is 20.1 Å². The van der Waals surface area contributed by atoms with Crippen molar-refractivity contribution in [1.29, 1.82) is 0 Å². The number of hydrogen-bond acceptors (Lipinski definition) is 5. The normalized spacial score (nSPS) is 22.8. The topological polar surface area (TPSA) is 95.0 Å². The number of nitrogens with zero attached hydrogens (tertiary/aromatic N) is 3. The minimum Gasteiger partial charge on any atom is -0.472 e. The molecule has 1 fully saturated rings. The third-order valence-corrected chi connectivity index (χ3v) is 6.63. The number of carbonyl (C=O) groups excluding carboxylic acids is 2. The highest BCUT2D eigenvalue weighted by molar-refractivity contribution is 5.97. The van der Waals surface area contributed by atoms with Gasteiger partial charge >= 0.3 is 6.03 Å². The van der Waals surface area contributed by atoms with E-state index in [9.17, 15) is 14.7 Å². The molecule has 0 spiro atoms. The summed E-state index contributed by atoms with van der Waals surface area (Å²) in [5.41, 5.74) is 1.18. The maximum Gasteiger partial charge on any atom is 0.317 e. The number of rotatable bonds is 6. The minimum atomic E-state index is -0.354. The molecule has 1 saturated carbocycles. The van der Waals surface area contributed by atoms with Crippen molar-refractivity contribution in [2.24, 2.45) is 5.92 Å². The molecule has 1 aromatic heterocycles. The minimum absolute atomic E-state index is 0.0713. The van der Waals surface area contributed by atoms with Crippen molar-refractivity contribution in [2.75, 3.05) is 26.7 Å². The molecule has 2 heterocycles. The van der Waals surface area contributed by atoms with E-state index in [1.165, 1.54) is 6.42 Å². The van der Waals surface area contributed by atoms with Crippen LogP contribution < -0.4 is 10.1 Å². The number of hydrogen-bond donors (Lipinski definition) is 2. The second-order valence-electron chi connectivity index (χ2n) is 9.41. The Hall–Kier alpha value is -2.61. The quantitative estimate of drug-likeness (QED) is 0.682. The summed E-state index contributed by atoms with van der Waals surface area (Å²) >= 11 is 0. The standard InChI is InChI=1S/C25H38N4O4/c1-5-9-19-12-21-23(26-13-19)33-22(17(2)14-29(24(21)31)18(3)16-30)15-28(4)25(32)27-20-10-7-6-8-11-20/h5,9,12-13,17-18,20,22,30H,6-8,10-11,14-16H2,1-4H3,(H,27,32)/b9-5+/t17-,18-,22+/m1/s1. The summed E-state index contributed by atoms with van der Waals surface area (Å²) in [5.74, 6) is -0.0156. The molecule has 1 aliphatic carbocycles. The Morgan fingerprint density at radius 3 is 2.79 bits per heavy atom. The fourth-order valence-electron chi connectivity index (χ4n) is 4.50. The number of urea groups is 1. The third kappa shape index (κ3) is 6.25. The molecule has 0 radical (unpaired) electrons. The zero-order chi connectivity index (χ0) is 24.0. The first-order chi connectivity index (χ1) is 15.8. The lowest BCUT2D eigenvalue weighted by atomic mass is 9.96. The smallest absolute Gasteiger partial charge is 0.317 e. The van der Waals surface area contributed by atoms with Gasteiger partial charge in [-0.1, -0.05) is 38.3 Å². The van der Waals surface area contributed by atoms with E-state index < -0.39 is 0 Å². The van der Waals surface area contributed by atoms with Crippen LogP contribution in [0.25, 0.3) is 6.08 Å². The molecule has 0 bridgehead atoms. The second kappa shape index (κ2) is 11.5. The Morgan fingerprint density at radius 1 is 1.39 bits per heavy atom. The van der Waals surface area contributed by atoms with E-state index >= 15 is 0 Å². The van der Waals surface area contributed by atoms with E-state index in [-0.39, 0.29) is 48.5 Å². The molecule has 3 rings (SSSR count). The van der Waals surface area contributed by atoms with Crippen molar-refractivity contribution in [3.05, 3.63) is 29.5 Å². The summed E-state index contributed by atoms with van der Waals surface area (Å²) in [6.07, 6.45) is 10.7. The van der Waals surface area contributed by atoms with Crippen molar-refractivity contribution in [3.63, 3.8) is 0 Å². The van der Waals surface area contributed by atoms with Gasteiger partial charge in [0.15, 0.2) is 0 Å². The summed E-state index contributed by atoms with van der Waals surface area (Å²) in [6.45, 7) is 6.38. The molecule has 33 heavy (non-hydrogen) atoms. The average molecular weight is 459 g/mol. The molecule has 3 amide bonds. The lowest BCUT2D eigenvalue weighted by Gasteiger charge is -2.38. The zero-order valence-corrected chi connectivity index (χ0v) is 20.3. The molecule has 3 atom stereocenters. The van der Waals surface area contributed by atoms with Gasteiger partial charge in [0, 0.05) is 31.7 Å². The SMILES string of the molecule is C/C=C/c1cnc2c(c1)C(=O)N([C@H](C)CO)C[C@@H](C)[C@H](CN(C)C(=O)NC1CCCCC1)O2. The lowest BCUT2D eigenvalue weighted by Crippen LogP contribution is -2.52. The van der Waals surface area contributed by atoms with Crippen molar-refractivity contribution >= 4 is 18.0 Å². The summed E-state index contributed by atoms with van der Waals surface area (Å²) in [5, 5.41) is 12.9. The maximum atomic E-state index is 13.3. The third-order valence-electron chi connectivity index (χ3n) is 6.63. The number of aromatic nitrogens is 1. The van der Waals surface area contributed by atoms with E-state index in [1.54, 1.807) is 29.1 Å². The van der Waals surface area contributed by atoms with Crippen LogP contribution in [0.1, 0.15) is 68.8 Å². The van der Waals surface area contributed by atoms with Crippen LogP contribution >= 0.6 is 0 Å². The van der Waals surface area contributed by atoms with Crippen molar-refractivity contribution < 1.29 is 19.4 Å². The molecule has 1 aromatic rings. The largest absolute Gasteiger partial charge is 0.472 e. The monoisotopic (exact) mass is 458 g/mol. The first-order valence-corrected chi connectivity index (χ1v) is 12.1. The molecule has 1 aliphatic heterocycles. The van der Waals surface area contributed by atoms with Crippen molar-refractivity contribution in [3.8, 4) is 5.88 Å². The summed E-state index contributed by atoms with van der Waals surface area (Å²) in [4.78, 5) is 33.9. The molecule has 8 heteroatoms. The predicted octanol–water partition coefficient (Wildman–Crippen LogP) is 3.31. The van der Waals surface area contributed by atoms with Gasteiger partial charge in [0.1, 0.15) is 11.7 Å². The predicted molar refractivity (Wildman–Crippen MR) is 128 cm³/mol. The van der Waals surface area contributed by atoms with Crippen LogP contribution in [0, 0.1) is 5.92 Å². The van der Waals surface area contributed by atoms with Crippen molar-refractivity contribution in [2.45, 2.75) is 71.1 Å². The van der Waals surface area contributed by atoms with E-state index in [1.807, 2.05) is 32.9 Å². The van der Waals surface area contributed by atoms with Gasteiger partial charge < -0.3 is 25.0 Å². The Labute approximate surface area is 197 Å². The van der Waals surface area contributed by atoms with Gasteiger partial charge in [-0.3, -0.25) is 4.79 Å². The van der Waals surface area contributed by atoms with Crippen LogP contribution in [0.2, 0.25) is 0 Å². The number of carbonyl (C=O) groups is 2. The van der Waals surface area contributed by atoms with Gasteiger partial charge in [-0.25, -0.2) is 9.78 Å². The summed E-state index contributed by atoms with van der Waals surface area (Å²) < 4.78 is 6.26. The number of aliphatic hydroxyl groups excluding tert-OH is 1. The molecular formula is C25H38N4O4. The Bertz CT molecular complexity index is 853. The summed E-state index contributed by atoms with van der Waals surface area (Å²) in [6, 6.07) is 1.56. The average Bonchev–Trinajstić information content (AvgIpc) is 2.82. The van der Waals surface area contributed by atoms with Gasteiger partial charge in [0.25, 0.3) is 5.91 Å². The number of likely N-dealkylation sites (N-methyl/N-ethyl adjacent to an activating group) is 1. The number of fused-ring (bicyclic) bond motifs is 1.